The van der Waals surface area contributed by atoms with Gasteiger partial charge in [-0.25, -0.2) is 4.98 Å². The first-order valence-electron chi connectivity index (χ1n) is 10.1. The Hall–Kier alpha value is -3.82. The molecule has 5 rings (SSSR count). The SMILES string of the molecule is COc1ccnc(OC)c1C1CCN(c2nc(Nc3cc(C)n[nH]3)n3cccc3n2)C1. The molecule has 1 aliphatic rings. The van der Waals surface area contributed by atoms with Crippen molar-refractivity contribution in [1.82, 2.24) is 29.5 Å². The summed E-state index contributed by atoms with van der Waals surface area (Å²) in [5.41, 5.74) is 2.72. The first-order valence-corrected chi connectivity index (χ1v) is 10.1. The highest BCUT2D eigenvalue weighted by Gasteiger charge is 2.31. The summed E-state index contributed by atoms with van der Waals surface area (Å²) in [6.07, 6.45) is 4.56. The van der Waals surface area contributed by atoms with E-state index in [1.807, 2.05) is 41.8 Å². The Labute approximate surface area is 179 Å². The van der Waals surface area contributed by atoms with Crippen LogP contribution in [-0.2, 0) is 0 Å². The molecule has 0 radical (unpaired) electrons. The zero-order valence-electron chi connectivity index (χ0n) is 17.7. The van der Waals surface area contributed by atoms with E-state index in [2.05, 4.69) is 25.4 Å². The van der Waals surface area contributed by atoms with Crippen LogP contribution in [0.5, 0.6) is 11.6 Å². The number of aromatic amines is 1. The predicted molar refractivity (Wildman–Crippen MR) is 117 cm³/mol. The second-order valence-corrected chi connectivity index (χ2v) is 7.50. The van der Waals surface area contributed by atoms with Gasteiger partial charge in [0.1, 0.15) is 17.2 Å². The maximum Gasteiger partial charge on any atom is 0.230 e. The van der Waals surface area contributed by atoms with Crippen molar-refractivity contribution in [2.75, 3.05) is 37.5 Å². The third kappa shape index (κ3) is 3.49. The van der Waals surface area contributed by atoms with E-state index in [0.717, 1.165) is 48.0 Å². The van der Waals surface area contributed by atoms with Gasteiger partial charge in [0.05, 0.1) is 25.5 Å². The number of nitrogens with one attached hydrogen (secondary N) is 2. The quantitative estimate of drug-likeness (QED) is 0.491. The summed E-state index contributed by atoms with van der Waals surface area (Å²) in [5.74, 6) is 3.73. The van der Waals surface area contributed by atoms with Crippen LogP contribution in [0.2, 0.25) is 0 Å². The van der Waals surface area contributed by atoms with E-state index in [4.69, 9.17) is 19.4 Å². The number of pyridine rings is 1. The number of hydrogen-bond donors (Lipinski definition) is 2. The van der Waals surface area contributed by atoms with Crippen molar-refractivity contribution in [3.63, 3.8) is 0 Å². The first-order chi connectivity index (χ1) is 15.2. The molecule has 160 valence electrons. The van der Waals surface area contributed by atoms with Gasteiger partial charge in [-0.05, 0) is 31.5 Å². The maximum absolute atomic E-state index is 5.58. The van der Waals surface area contributed by atoms with Crippen molar-refractivity contribution in [3.05, 3.63) is 47.9 Å². The zero-order chi connectivity index (χ0) is 21.4. The number of ether oxygens (including phenoxy) is 2. The molecule has 0 aliphatic carbocycles. The molecule has 0 amide bonds. The molecule has 4 aromatic heterocycles. The number of nitrogens with zero attached hydrogens (tertiary/aromatic N) is 6. The third-order valence-corrected chi connectivity index (χ3v) is 5.53. The Morgan fingerprint density at radius 1 is 1.19 bits per heavy atom. The lowest BCUT2D eigenvalue weighted by Crippen LogP contribution is -2.23. The van der Waals surface area contributed by atoms with Crippen molar-refractivity contribution in [2.45, 2.75) is 19.3 Å². The van der Waals surface area contributed by atoms with Crippen molar-refractivity contribution >= 4 is 23.4 Å². The van der Waals surface area contributed by atoms with Crippen LogP contribution < -0.4 is 19.7 Å². The van der Waals surface area contributed by atoms with Crippen LogP contribution >= 0.6 is 0 Å². The van der Waals surface area contributed by atoms with Crippen LogP contribution in [0.25, 0.3) is 5.65 Å². The summed E-state index contributed by atoms with van der Waals surface area (Å²) in [6, 6.07) is 7.73. The molecule has 0 spiro atoms. The highest BCUT2D eigenvalue weighted by molar-refractivity contribution is 5.58. The molecule has 10 heteroatoms. The van der Waals surface area contributed by atoms with Gasteiger partial charge in [-0.15, -0.1) is 0 Å². The lowest BCUT2D eigenvalue weighted by atomic mass is 9.98. The number of hydrogen-bond acceptors (Lipinski definition) is 8. The van der Waals surface area contributed by atoms with Gasteiger partial charge < -0.3 is 19.7 Å². The molecule has 31 heavy (non-hydrogen) atoms. The van der Waals surface area contributed by atoms with E-state index < -0.39 is 0 Å². The van der Waals surface area contributed by atoms with Gasteiger partial charge in [0.2, 0.25) is 17.8 Å². The minimum Gasteiger partial charge on any atom is -0.496 e. The van der Waals surface area contributed by atoms with Crippen molar-refractivity contribution < 1.29 is 9.47 Å². The predicted octanol–water partition coefficient (Wildman–Crippen LogP) is 2.91. The third-order valence-electron chi connectivity index (χ3n) is 5.53. The largest absolute Gasteiger partial charge is 0.496 e. The summed E-state index contributed by atoms with van der Waals surface area (Å²) in [5, 5.41) is 10.5. The topological polar surface area (TPSA) is 105 Å². The second kappa shape index (κ2) is 7.78. The molecule has 2 N–H and O–H groups in total. The molecule has 0 saturated carbocycles. The molecule has 4 aromatic rings. The molecule has 10 nitrogen and oxygen atoms in total. The van der Waals surface area contributed by atoms with Crippen molar-refractivity contribution in [1.29, 1.82) is 0 Å². The molecule has 1 aliphatic heterocycles. The second-order valence-electron chi connectivity index (χ2n) is 7.50. The smallest absolute Gasteiger partial charge is 0.230 e. The Kier molecular flexibility index (Phi) is 4.81. The Morgan fingerprint density at radius 3 is 2.87 bits per heavy atom. The van der Waals surface area contributed by atoms with E-state index in [9.17, 15) is 0 Å². The monoisotopic (exact) mass is 420 g/mol. The number of H-pyrrole nitrogens is 1. The normalized spacial score (nSPS) is 16.1. The minimum absolute atomic E-state index is 0.205. The molecule has 5 heterocycles. The fourth-order valence-electron chi connectivity index (χ4n) is 4.09. The summed E-state index contributed by atoms with van der Waals surface area (Å²) in [6.45, 7) is 3.51. The number of aromatic nitrogens is 6. The molecular formula is C21H24N8O2. The minimum atomic E-state index is 0.205. The molecule has 1 atom stereocenters. The Morgan fingerprint density at radius 2 is 2.10 bits per heavy atom. The summed E-state index contributed by atoms with van der Waals surface area (Å²) in [7, 11) is 3.31. The van der Waals surface area contributed by atoms with Gasteiger partial charge in [0, 0.05) is 37.5 Å². The summed E-state index contributed by atoms with van der Waals surface area (Å²) < 4.78 is 13.0. The van der Waals surface area contributed by atoms with Gasteiger partial charge in [-0.1, -0.05) is 0 Å². The highest BCUT2D eigenvalue weighted by Crippen LogP contribution is 2.39. The van der Waals surface area contributed by atoms with Gasteiger partial charge in [0.25, 0.3) is 0 Å². The van der Waals surface area contributed by atoms with E-state index in [1.165, 1.54) is 0 Å². The Balaban J connectivity index is 1.46. The summed E-state index contributed by atoms with van der Waals surface area (Å²) >= 11 is 0. The van der Waals surface area contributed by atoms with Gasteiger partial charge in [-0.2, -0.15) is 15.1 Å². The molecule has 1 saturated heterocycles. The van der Waals surface area contributed by atoms with E-state index in [-0.39, 0.29) is 5.92 Å². The highest BCUT2D eigenvalue weighted by atomic mass is 16.5. The maximum atomic E-state index is 5.58. The number of methoxy groups -OCH3 is 2. The molecule has 1 fully saturated rings. The van der Waals surface area contributed by atoms with Gasteiger partial charge in [0.15, 0.2) is 0 Å². The van der Waals surface area contributed by atoms with Crippen LogP contribution in [0.3, 0.4) is 0 Å². The van der Waals surface area contributed by atoms with Gasteiger partial charge >= 0.3 is 0 Å². The molecular weight excluding hydrogens is 396 g/mol. The van der Waals surface area contributed by atoms with Crippen LogP contribution in [0.15, 0.2) is 36.7 Å². The van der Waals surface area contributed by atoms with Crippen LogP contribution in [0, 0.1) is 6.92 Å². The number of fused-ring (bicyclic) bond motifs is 1. The van der Waals surface area contributed by atoms with Crippen LogP contribution in [0.4, 0.5) is 17.7 Å². The van der Waals surface area contributed by atoms with Crippen LogP contribution in [0.1, 0.15) is 23.6 Å². The molecule has 1 unspecified atom stereocenters. The lowest BCUT2D eigenvalue weighted by molar-refractivity contribution is 0.368. The lowest BCUT2D eigenvalue weighted by Gasteiger charge is -2.20. The molecule has 0 bridgehead atoms. The fraction of sp³-hybridized carbons (Fsp3) is 0.333. The average Bonchev–Trinajstić information content (AvgIpc) is 3.53. The molecule has 0 aromatic carbocycles. The first kappa shape index (κ1) is 19.2. The van der Waals surface area contributed by atoms with Crippen molar-refractivity contribution in [2.24, 2.45) is 0 Å². The average molecular weight is 420 g/mol. The van der Waals surface area contributed by atoms with Crippen molar-refractivity contribution in [3.8, 4) is 11.6 Å². The van der Waals surface area contributed by atoms with Gasteiger partial charge in [-0.3, -0.25) is 9.50 Å². The number of anilines is 3. The summed E-state index contributed by atoms with van der Waals surface area (Å²) in [4.78, 5) is 16.1. The zero-order valence-corrected chi connectivity index (χ0v) is 17.7. The standard InChI is InChI=1S/C21H24N8O2/c1-13-11-16(27-26-13)23-21-25-20(24-17-5-4-9-29(17)21)28-10-7-14(12-28)18-15(30-2)6-8-22-19(18)31-3/h4-6,8-9,11,14H,7,10,12H2,1-3H3,(H2,23,24,25,26,27). The fourth-order valence-corrected chi connectivity index (χ4v) is 4.09. The van der Waals surface area contributed by atoms with E-state index in [0.29, 0.717) is 17.8 Å². The van der Waals surface area contributed by atoms with E-state index in [1.54, 1.807) is 20.4 Å². The van der Waals surface area contributed by atoms with E-state index >= 15 is 0 Å². The number of aryl methyl sites for hydroxylation is 1. The Bertz CT molecular complexity index is 1200. The number of rotatable bonds is 6. The van der Waals surface area contributed by atoms with Crippen LogP contribution in [-0.4, -0.2) is 56.9 Å².